The lowest BCUT2D eigenvalue weighted by Crippen LogP contribution is -2.60. The molecule has 1 aromatic carbocycles. The molecule has 1 N–H and O–H groups in total. The maximum Gasteiger partial charge on any atom is 0.248 e. The number of hydroxylamine groups is 2. The van der Waals surface area contributed by atoms with Crippen molar-refractivity contribution in [2.75, 3.05) is 26.2 Å². The van der Waals surface area contributed by atoms with E-state index in [4.69, 9.17) is 4.84 Å². The zero-order valence-corrected chi connectivity index (χ0v) is 14.4. The first-order valence-corrected chi connectivity index (χ1v) is 9.26. The molecule has 6 heteroatoms. The first-order chi connectivity index (χ1) is 12.2. The fourth-order valence-electron chi connectivity index (χ4n) is 4.21. The van der Waals surface area contributed by atoms with E-state index < -0.39 is 6.04 Å². The van der Waals surface area contributed by atoms with E-state index in [0.29, 0.717) is 25.7 Å². The highest BCUT2D eigenvalue weighted by molar-refractivity contribution is 5.88. The Hall–Kier alpha value is -1.92. The van der Waals surface area contributed by atoms with Gasteiger partial charge in [0.05, 0.1) is 19.1 Å². The third-order valence-corrected chi connectivity index (χ3v) is 5.52. The molecule has 0 radical (unpaired) electrons. The van der Waals surface area contributed by atoms with E-state index in [1.165, 1.54) is 16.2 Å². The van der Waals surface area contributed by atoms with Gasteiger partial charge in [-0.2, -0.15) is 0 Å². The number of hydrogen-bond acceptors (Lipinski definition) is 4. The molecule has 0 aromatic heterocycles. The van der Waals surface area contributed by atoms with Crippen LogP contribution in [0.15, 0.2) is 24.3 Å². The van der Waals surface area contributed by atoms with Crippen molar-refractivity contribution in [3.63, 3.8) is 0 Å². The van der Waals surface area contributed by atoms with Gasteiger partial charge >= 0.3 is 0 Å². The molecule has 25 heavy (non-hydrogen) atoms. The molecule has 3 aliphatic rings. The Morgan fingerprint density at radius 3 is 2.60 bits per heavy atom. The summed E-state index contributed by atoms with van der Waals surface area (Å²) in [7, 11) is 0. The van der Waals surface area contributed by atoms with Crippen molar-refractivity contribution in [3.05, 3.63) is 35.4 Å². The molecule has 0 bridgehead atoms. The highest BCUT2D eigenvalue weighted by Crippen LogP contribution is 2.28. The second-order valence-electron chi connectivity index (χ2n) is 7.12. The van der Waals surface area contributed by atoms with Crippen LogP contribution in [-0.2, 0) is 27.3 Å². The predicted molar refractivity (Wildman–Crippen MR) is 92.7 cm³/mol. The fraction of sp³-hybridized carbons (Fsp3) is 0.579. The van der Waals surface area contributed by atoms with Crippen LogP contribution in [0.2, 0.25) is 0 Å². The molecule has 6 nitrogen and oxygen atoms in total. The highest BCUT2D eigenvalue weighted by Gasteiger charge is 2.39. The first kappa shape index (κ1) is 16.5. The number of hydrogen-bond donors (Lipinski definition) is 1. The van der Waals surface area contributed by atoms with Crippen LogP contribution in [0.3, 0.4) is 0 Å². The van der Waals surface area contributed by atoms with Crippen LogP contribution in [0.4, 0.5) is 0 Å². The summed E-state index contributed by atoms with van der Waals surface area (Å²) in [6, 6.07) is 8.37. The molecule has 4 rings (SSSR count). The second-order valence-corrected chi connectivity index (χ2v) is 7.12. The highest BCUT2D eigenvalue weighted by atomic mass is 16.7. The minimum atomic E-state index is -0.397. The largest absolute Gasteiger partial charge is 0.353 e. The van der Waals surface area contributed by atoms with Crippen LogP contribution >= 0.6 is 0 Å². The molecule has 2 heterocycles. The zero-order valence-electron chi connectivity index (χ0n) is 14.4. The van der Waals surface area contributed by atoms with Gasteiger partial charge in [0.25, 0.3) is 0 Å². The second kappa shape index (κ2) is 7.14. The number of carbonyl (C=O) groups is 2. The van der Waals surface area contributed by atoms with Crippen molar-refractivity contribution in [2.24, 2.45) is 0 Å². The van der Waals surface area contributed by atoms with Crippen molar-refractivity contribution in [1.82, 2.24) is 15.3 Å². The molecule has 2 amide bonds. The van der Waals surface area contributed by atoms with Gasteiger partial charge in [-0.05, 0) is 36.8 Å². The quantitative estimate of drug-likeness (QED) is 0.886. The number of benzene rings is 1. The number of rotatable bonds is 3. The predicted octanol–water partition coefficient (Wildman–Crippen LogP) is 0.898. The van der Waals surface area contributed by atoms with E-state index in [1.807, 2.05) is 0 Å². The molecule has 2 saturated heterocycles. The van der Waals surface area contributed by atoms with Gasteiger partial charge in [0, 0.05) is 25.7 Å². The third kappa shape index (κ3) is 3.41. The Bertz CT molecular complexity index is 632. The monoisotopic (exact) mass is 343 g/mol. The maximum atomic E-state index is 12.6. The molecule has 134 valence electrons. The van der Waals surface area contributed by atoms with Gasteiger partial charge in [0.15, 0.2) is 0 Å². The molecular formula is C19H25N3O3. The van der Waals surface area contributed by atoms with Gasteiger partial charge in [-0.3, -0.25) is 19.3 Å². The van der Waals surface area contributed by atoms with E-state index in [0.717, 1.165) is 32.2 Å². The standard InChI is InChI=1S/C19H25N3O3/c23-18(22-8-3-4-10-25-22)13-17-19(24)20-7-9-21(17)16-11-14-5-1-2-6-15(14)12-16/h1-2,5-6,16-17H,3-4,7-13H2,(H,20,24). The SMILES string of the molecule is O=C1NCCN(C2Cc3ccccc3C2)C1CC(=O)N1CCCCO1. The van der Waals surface area contributed by atoms with Crippen LogP contribution in [0.1, 0.15) is 30.4 Å². The Labute approximate surface area is 148 Å². The number of nitrogens with one attached hydrogen (secondary N) is 1. The third-order valence-electron chi connectivity index (χ3n) is 5.52. The van der Waals surface area contributed by atoms with Crippen molar-refractivity contribution in [2.45, 2.75) is 44.2 Å². The van der Waals surface area contributed by atoms with E-state index in [2.05, 4.69) is 34.5 Å². The summed E-state index contributed by atoms with van der Waals surface area (Å²) < 4.78 is 0. The summed E-state index contributed by atoms with van der Waals surface area (Å²) in [5, 5.41) is 4.37. The van der Waals surface area contributed by atoms with Gasteiger partial charge in [-0.15, -0.1) is 0 Å². The Morgan fingerprint density at radius 1 is 1.16 bits per heavy atom. The summed E-state index contributed by atoms with van der Waals surface area (Å²) >= 11 is 0. The number of nitrogens with zero attached hydrogens (tertiary/aromatic N) is 2. The zero-order chi connectivity index (χ0) is 17.2. The van der Waals surface area contributed by atoms with E-state index in [1.54, 1.807) is 0 Å². The van der Waals surface area contributed by atoms with Gasteiger partial charge in [-0.25, -0.2) is 5.06 Å². The average molecular weight is 343 g/mol. The minimum Gasteiger partial charge on any atom is -0.353 e. The number of piperazine rings is 1. The number of fused-ring (bicyclic) bond motifs is 1. The molecule has 1 aromatic rings. The Balaban J connectivity index is 1.46. The van der Waals surface area contributed by atoms with Crippen molar-refractivity contribution < 1.29 is 14.4 Å². The van der Waals surface area contributed by atoms with Crippen molar-refractivity contribution >= 4 is 11.8 Å². The molecule has 2 aliphatic heterocycles. The summed E-state index contributed by atoms with van der Waals surface area (Å²) in [5.74, 6) is -0.116. The summed E-state index contributed by atoms with van der Waals surface area (Å²) in [5.41, 5.74) is 2.73. The normalized spacial score (nSPS) is 24.9. The van der Waals surface area contributed by atoms with Gasteiger partial charge in [-0.1, -0.05) is 24.3 Å². The lowest BCUT2D eigenvalue weighted by Gasteiger charge is -2.39. The first-order valence-electron chi connectivity index (χ1n) is 9.26. The molecule has 0 spiro atoms. The maximum absolute atomic E-state index is 12.6. The molecule has 2 fully saturated rings. The van der Waals surface area contributed by atoms with Crippen LogP contribution < -0.4 is 5.32 Å². The van der Waals surface area contributed by atoms with Crippen molar-refractivity contribution in [1.29, 1.82) is 0 Å². The van der Waals surface area contributed by atoms with Crippen LogP contribution in [0.5, 0.6) is 0 Å². The Kier molecular flexibility index (Phi) is 4.72. The molecular weight excluding hydrogens is 318 g/mol. The van der Waals surface area contributed by atoms with E-state index >= 15 is 0 Å². The van der Waals surface area contributed by atoms with Gasteiger partial charge in [0.2, 0.25) is 11.8 Å². The molecule has 0 saturated carbocycles. The fourth-order valence-corrected chi connectivity index (χ4v) is 4.21. The lowest BCUT2D eigenvalue weighted by atomic mass is 10.0. The topological polar surface area (TPSA) is 61.9 Å². The number of carbonyl (C=O) groups excluding carboxylic acids is 2. The molecule has 1 aliphatic carbocycles. The Morgan fingerprint density at radius 2 is 1.92 bits per heavy atom. The van der Waals surface area contributed by atoms with Crippen molar-refractivity contribution in [3.8, 4) is 0 Å². The lowest BCUT2D eigenvalue weighted by molar-refractivity contribution is -0.198. The van der Waals surface area contributed by atoms with Crippen LogP contribution in [0.25, 0.3) is 0 Å². The molecule has 1 unspecified atom stereocenters. The molecule has 1 atom stereocenters. The summed E-state index contributed by atoms with van der Waals surface area (Å²) in [6.45, 7) is 2.66. The number of amides is 2. The van der Waals surface area contributed by atoms with E-state index in [9.17, 15) is 9.59 Å². The van der Waals surface area contributed by atoms with E-state index in [-0.39, 0.29) is 18.2 Å². The summed E-state index contributed by atoms with van der Waals surface area (Å²) in [6.07, 6.45) is 4.05. The van der Waals surface area contributed by atoms with Crippen LogP contribution in [0, 0.1) is 0 Å². The van der Waals surface area contributed by atoms with Gasteiger partial charge in [0.1, 0.15) is 0 Å². The van der Waals surface area contributed by atoms with Crippen LogP contribution in [-0.4, -0.2) is 60.1 Å². The summed E-state index contributed by atoms with van der Waals surface area (Å²) in [4.78, 5) is 32.8. The van der Waals surface area contributed by atoms with Gasteiger partial charge < -0.3 is 5.32 Å². The smallest absolute Gasteiger partial charge is 0.248 e. The average Bonchev–Trinajstić information content (AvgIpc) is 3.08. The minimum absolute atomic E-state index is 0.0347.